The Morgan fingerprint density at radius 3 is 2.54 bits per heavy atom. The van der Waals surface area contributed by atoms with Crippen molar-refractivity contribution >= 4 is 5.78 Å². The molecule has 3 saturated carbocycles. The molecule has 1 heterocycles. The van der Waals surface area contributed by atoms with Gasteiger partial charge in [0, 0.05) is 24.7 Å². The van der Waals surface area contributed by atoms with Gasteiger partial charge in [-0.15, -0.1) is 0 Å². The van der Waals surface area contributed by atoms with E-state index in [1.54, 1.807) is 0 Å². The molecular formula is C23H35NO4. The predicted molar refractivity (Wildman–Crippen MR) is 105 cm³/mol. The van der Waals surface area contributed by atoms with Crippen LogP contribution < -0.4 is 5.73 Å². The fourth-order valence-electron chi connectivity index (χ4n) is 8.09. The Balaban J connectivity index is 1.50. The third-order valence-electron chi connectivity index (χ3n) is 9.38. The van der Waals surface area contributed by atoms with Crippen LogP contribution in [0.4, 0.5) is 0 Å². The van der Waals surface area contributed by atoms with Crippen molar-refractivity contribution in [3.63, 3.8) is 0 Å². The largest absolute Gasteiger partial charge is 0.376 e. The highest BCUT2D eigenvalue weighted by Gasteiger charge is 2.65. The van der Waals surface area contributed by atoms with Gasteiger partial charge in [0.15, 0.2) is 5.79 Å². The Morgan fingerprint density at radius 2 is 1.82 bits per heavy atom. The second-order valence-corrected chi connectivity index (χ2v) is 10.9. The van der Waals surface area contributed by atoms with Crippen molar-refractivity contribution in [1.82, 2.24) is 0 Å². The molecule has 7 atom stereocenters. The highest BCUT2D eigenvalue weighted by atomic mass is 16.7. The summed E-state index contributed by atoms with van der Waals surface area (Å²) in [6, 6.07) is 0. The first-order valence-corrected chi connectivity index (χ1v) is 11.1. The predicted octanol–water partition coefficient (Wildman–Crippen LogP) is 3.15. The maximum absolute atomic E-state index is 13.7. The first-order valence-electron chi connectivity index (χ1n) is 11.1. The van der Waals surface area contributed by atoms with Crippen LogP contribution in [0.15, 0.2) is 11.6 Å². The second-order valence-electron chi connectivity index (χ2n) is 10.9. The Bertz CT molecular complexity index is 724. The molecule has 5 rings (SSSR count). The summed E-state index contributed by atoms with van der Waals surface area (Å²) in [6.07, 6.45) is 7.97. The summed E-state index contributed by atoms with van der Waals surface area (Å²) in [6.45, 7) is 7.96. The Kier molecular flexibility index (Phi) is 4.05. The number of ketones is 1. The summed E-state index contributed by atoms with van der Waals surface area (Å²) < 4.78 is 12.1. The fraction of sp³-hybridized carbons (Fsp3) is 0.870. The molecule has 5 heteroatoms. The molecule has 7 unspecified atom stereocenters. The zero-order chi connectivity index (χ0) is 19.9. The van der Waals surface area contributed by atoms with Crippen LogP contribution in [0.25, 0.3) is 0 Å². The number of hydrogen-bond donors (Lipinski definition) is 2. The van der Waals surface area contributed by atoms with E-state index in [4.69, 9.17) is 15.2 Å². The second kappa shape index (κ2) is 5.90. The summed E-state index contributed by atoms with van der Waals surface area (Å²) in [5.74, 6) is 1.12. The lowest BCUT2D eigenvalue weighted by atomic mass is 9.46. The maximum Gasteiger partial charge on any atom is 0.169 e. The van der Waals surface area contributed by atoms with Crippen molar-refractivity contribution in [3.8, 4) is 0 Å². The number of aliphatic hydroxyl groups is 1. The number of hydrogen-bond acceptors (Lipinski definition) is 5. The summed E-state index contributed by atoms with van der Waals surface area (Å²) >= 11 is 0. The van der Waals surface area contributed by atoms with Gasteiger partial charge in [-0.2, -0.15) is 0 Å². The SMILES string of the molecule is CC1(C2CCC3C4CC=C5CC(N)(O)CCC5(C)C4C(=O)CC32C)OCCO1. The van der Waals surface area contributed by atoms with Crippen LogP contribution in [0.2, 0.25) is 0 Å². The van der Waals surface area contributed by atoms with E-state index in [9.17, 15) is 9.90 Å². The van der Waals surface area contributed by atoms with E-state index in [2.05, 4.69) is 26.8 Å². The van der Waals surface area contributed by atoms with E-state index in [-0.39, 0.29) is 22.7 Å². The highest BCUT2D eigenvalue weighted by molar-refractivity contribution is 5.85. The molecule has 1 aliphatic heterocycles. The van der Waals surface area contributed by atoms with Crippen molar-refractivity contribution in [3.05, 3.63) is 11.6 Å². The monoisotopic (exact) mass is 389 g/mol. The van der Waals surface area contributed by atoms with Crippen LogP contribution in [-0.2, 0) is 14.3 Å². The van der Waals surface area contributed by atoms with Crippen molar-refractivity contribution < 1.29 is 19.4 Å². The van der Waals surface area contributed by atoms with Crippen LogP contribution >= 0.6 is 0 Å². The maximum atomic E-state index is 13.7. The average Bonchev–Trinajstić information content (AvgIpc) is 3.19. The number of carbonyl (C=O) groups excluding carboxylic acids is 1. The molecule has 156 valence electrons. The molecule has 4 aliphatic carbocycles. The normalized spacial score (nSPS) is 52.6. The van der Waals surface area contributed by atoms with Crippen molar-refractivity contribution in [2.24, 2.45) is 40.2 Å². The van der Waals surface area contributed by atoms with Gasteiger partial charge >= 0.3 is 0 Å². The summed E-state index contributed by atoms with van der Waals surface area (Å²) in [7, 11) is 0. The zero-order valence-electron chi connectivity index (χ0n) is 17.5. The minimum atomic E-state index is -1.12. The van der Waals surface area contributed by atoms with Crippen LogP contribution in [-0.4, -0.2) is 35.6 Å². The van der Waals surface area contributed by atoms with Crippen molar-refractivity contribution in [2.45, 2.75) is 77.2 Å². The van der Waals surface area contributed by atoms with Gasteiger partial charge in [0.25, 0.3) is 0 Å². The molecule has 4 fully saturated rings. The average molecular weight is 390 g/mol. The Morgan fingerprint density at radius 1 is 1.11 bits per heavy atom. The molecule has 5 nitrogen and oxygen atoms in total. The highest BCUT2D eigenvalue weighted by Crippen LogP contribution is 2.67. The third kappa shape index (κ3) is 2.49. The van der Waals surface area contributed by atoms with Gasteiger partial charge in [-0.25, -0.2) is 0 Å². The lowest BCUT2D eigenvalue weighted by molar-refractivity contribution is -0.213. The van der Waals surface area contributed by atoms with Gasteiger partial charge in [-0.1, -0.05) is 25.5 Å². The number of Topliss-reactive ketones (excluding diaryl/α,β-unsaturated/α-hetero) is 1. The Hall–Kier alpha value is -0.750. The Labute approximate surface area is 168 Å². The topological polar surface area (TPSA) is 81.8 Å². The summed E-state index contributed by atoms with van der Waals surface area (Å²) in [5.41, 5.74) is 5.96. The molecular weight excluding hydrogens is 354 g/mol. The molecule has 0 radical (unpaired) electrons. The minimum Gasteiger partial charge on any atom is -0.376 e. The standard InChI is InChI=1S/C23H35NO4/c1-20-8-9-23(24,26)12-14(20)4-5-15-16-6-7-18(22(3)27-10-11-28-22)21(16,2)13-17(25)19(15)20/h4,15-16,18-19,26H,5-13,24H2,1-3H3. The van der Waals surface area contributed by atoms with Crippen LogP contribution in [0.1, 0.15) is 65.7 Å². The van der Waals surface area contributed by atoms with E-state index in [0.29, 0.717) is 50.1 Å². The number of carbonyl (C=O) groups is 1. The van der Waals surface area contributed by atoms with Crippen molar-refractivity contribution in [2.75, 3.05) is 13.2 Å². The first-order chi connectivity index (χ1) is 13.1. The van der Waals surface area contributed by atoms with Gasteiger partial charge in [-0.05, 0) is 61.7 Å². The summed E-state index contributed by atoms with van der Waals surface area (Å²) in [4.78, 5) is 13.7. The smallest absolute Gasteiger partial charge is 0.169 e. The molecule has 0 spiro atoms. The van der Waals surface area contributed by atoms with E-state index >= 15 is 0 Å². The van der Waals surface area contributed by atoms with Crippen molar-refractivity contribution in [1.29, 1.82) is 0 Å². The van der Waals surface area contributed by atoms with Gasteiger partial charge in [-0.3, -0.25) is 4.79 Å². The van der Waals surface area contributed by atoms with Gasteiger partial charge in [0.2, 0.25) is 0 Å². The molecule has 0 bridgehead atoms. The van der Waals surface area contributed by atoms with Gasteiger partial charge in [0.1, 0.15) is 11.5 Å². The zero-order valence-corrected chi connectivity index (χ0v) is 17.5. The molecule has 0 aromatic rings. The third-order valence-corrected chi connectivity index (χ3v) is 9.38. The van der Waals surface area contributed by atoms with Crippen LogP contribution in [0.5, 0.6) is 0 Å². The summed E-state index contributed by atoms with van der Waals surface area (Å²) in [5, 5.41) is 10.4. The number of allylic oxidation sites excluding steroid dienone is 1. The van der Waals surface area contributed by atoms with E-state index in [1.165, 1.54) is 5.57 Å². The van der Waals surface area contributed by atoms with Crippen LogP contribution in [0.3, 0.4) is 0 Å². The quantitative estimate of drug-likeness (QED) is 0.532. The number of ether oxygens (including phenoxy) is 2. The molecule has 1 saturated heterocycles. The molecule has 0 amide bonds. The lowest BCUT2D eigenvalue weighted by Gasteiger charge is -2.58. The molecule has 28 heavy (non-hydrogen) atoms. The van der Waals surface area contributed by atoms with E-state index in [1.807, 2.05) is 0 Å². The number of rotatable bonds is 1. The van der Waals surface area contributed by atoms with Crippen LogP contribution in [0, 0.1) is 34.5 Å². The van der Waals surface area contributed by atoms with E-state index in [0.717, 1.165) is 25.7 Å². The fourth-order valence-corrected chi connectivity index (χ4v) is 8.09. The molecule has 5 aliphatic rings. The first kappa shape index (κ1) is 19.2. The molecule has 0 aromatic carbocycles. The minimum absolute atomic E-state index is 0.0533. The molecule has 0 aromatic heterocycles. The van der Waals surface area contributed by atoms with E-state index < -0.39 is 11.5 Å². The number of nitrogens with two attached hydrogens (primary N) is 1. The van der Waals surface area contributed by atoms with Gasteiger partial charge < -0.3 is 20.3 Å². The molecule has 3 N–H and O–H groups in total. The lowest BCUT2D eigenvalue weighted by Crippen LogP contribution is -2.58. The number of fused-ring (bicyclic) bond motifs is 5. The van der Waals surface area contributed by atoms with Gasteiger partial charge in [0.05, 0.1) is 13.2 Å².